The number of carboxylic acids is 4. The molecule has 0 unspecified atom stereocenters. The third-order valence-corrected chi connectivity index (χ3v) is 5.52. The van der Waals surface area contributed by atoms with Crippen molar-refractivity contribution in [1.29, 1.82) is 0 Å². The van der Waals surface area contributed by atoms with Gasteiger partial charge in [-0.1, -0.05) is 12.1 Å². The van der Waals surface area contributed by atoms with E-state index in [1.54, 1.807) is 43.3 Å². The SMILES string of the molecule is COc1cc(N(CC(=O)O)CC(=O)O)c2nc(COc3cc(C)ccc3N(CC(=O)O)CC(=O)O)ccc2c1.[K].[K].[K].[K]. The normalized spacial score (nSPS) is 9.63. The van der Waals surface area contributed by atoms with E-state index in [4.69, 9.17) is 9.47 Å². The number of rotatable bonds is 14. The van der Waals surface area contributed by atoms with Crippen molar-refractivity contribution in [2.24, 2.45) is 0 Å². The fourth-order valence-electron chi connectivity index (χ4n) is 3.92. The van der Waals surface area contributed by atoms with Gasteiger partial charge in [-0.2, -0.15) is 0 Å². The van der Waals surface area contributed by atoms with Crippen LogP contribution in [0, 0.1) is 6.92 Å². The van der Waals surface area contributed by atoms with Crippen molar-refractivity contribution in [2.45, 2.75) is 13.5 Å². The number of carboxylic acid groups (broad SMARTS) is 4. The van der Waals surface area contributed by atoms with Gasteiger partial charge >= 0.3 is 23.9 Å². The van der Waals surface area contributed by atoms with Gasteiger partial charge in [0.05, 0.1) is 29.7 Å². The van der Waals surface area contributed by atoms with Crippen LogP contribution in [-0.4, -0.2) is 288 Å². The number of methoxy groups -OCH3 is 1. The summed E-state index contributed by atoms with van der Waals surface area (Å²) in [6, 6.07) is 11.4. The molecule has 1 heterocycles. The predicted octanol–water partition coefficient (Wildman–Crippen LogP) is 0.559. The number of aromatic nitrogens is 1. The molecule has 3 rings (SSSR count). The van der Waals surface area contributed by atoms with E-state index in [2.05, 4.69) is 4.98 Å². The van der Waals surface area contributed by atoms with E-state index in [1.807, 2.05) is 0 Å². The Balaban J connectivity index is 0. The minimum atomic E-state index is -1.23. The molecule has 43 heavy (non-hydrogen) atoms. The Kier molecular flexibility index (Phi) is 24.9. The predicted molar refractivity (Wildman–Crippen MR) is 162 cm³/mol. The number of hydrogen-bond acceptors (Lipinski definition) is 9. The van der Waals surface area contributed by atoms with Gasteiger partial charge in [0.2, 0.25) is 0 Å². The van der Waals surface area contributed by atoms with E-state index >= 15 is 0 Å². The summed E-state index contributed by atoms with van der Waals surface area (Å²) >= 11 is 0. The number of anilines is 2. The van der Waals surface area contributed by atoms with Crippen LogP contribution in [0.25, 0.3) is 10.9 Å². The second-order valence-corrected chi connectivity index (χ2v) is 8.57. The van der Waals surface area contributed by atoms with Crippen molar-refractivity contribution < 1.29 is 49.1 Å². The Labute approximate surface area is 418 Å². The van der Waals surface area contributed by atoms with E-state index in [0.29, 0.717) is 22.3 Å². The number of aliphatic carboxylic acids is 4. The quantitative estimate of drug-likeness (QED) is 0.171. The standard InChI is InChI=1S/C26H27N3O10.4K/c1-15-3-6-19(28(10-22(30)31)11-23(32)33)21(7-15)39-14-17-5-4-16-8-18(38-2)9-20(26(16)27-17)29(12-24(34)35)13-25(36)37;;;;/h3-9H,10-14H2,1-2H3,(H,30,31)(H,32,33)(H,34,35)(H,36,37);;;;. The summed E-state index contributed by atoms with van der Waals surface area (Å²) in [5.74, 6) is -4.27. The number of fused-ring (bicyclic) bond motifs is 1. The first-order valence-corrected chi connectivity index (χ1v) is 11.5. The van der Waals surface area contributed by atoms with Crippen molar-refractivity contribution >= 4 is 252 Å². The molecule has 2 aromatic carbocycles. The molecule has 0 bridgehead atoms. The van der Waals surface area contributed by atoms with Gasteiger partial charge < -0.3 is 39.7 Å². The summed E-state index contributed by atoms with van der Waals surface area (Å²) < 4.78 is 11.3. The number of pyridine rings is 1. The van der Waals surface area contributed by atoms with Gasteiger partial charge in [-0.05, 0) is 36.8 Å². The molecule has 0 saturated heterocycles. The van der Waals surface area contributed by atoms with Crippen LogP contribution in [0.3, 0.4) is 0 Å². The monoisotopic (exact) mass is 697 g/mol. The van der Waals surface area contributed by atoms with Gasteiger partial charge in [-0.15, -0.1) is 0 Å². The summed E-state index contributed by atoms with van der Waals surface area (Å²) in [5, 5.41) is 37.8. The van der Waals surface area contributed by atoms with E-state index in [-0.39, 0.29) is 229 Å². The topological polar surface area (TPSA) is 187 Å². The molecule has 210 valence electrons. The van der Waals surface area contributed by atoms with Crippen LogP contribution < -0.4 is 19.3 Å². The average Bonchev–Trinajstić information content (AvgIpc) is 2.84. The zero-order valence-electron chi connectivity index (χ0n) is 25.2. The van der Waals surface area contributed by atoms with E-state index in [1.165, 1.54) is 13.2 Å². The van der Waals surface area contributed by atoms with Crippen LogP contribution in [0.1, 0.15) is 11.3 Å². The Bertz CT molecular complexity index is 1400. The minimum Gasteiger partial charge on any atom is -0.497 e. The second kappa shape index (κ2) is 22.9. The first-order chi connectivity index (χ1) is 18.5. The molecule has 0 amide bonds. The zero-order chi connectivity index (χ0) is 28.7. The summed E-state index contributed by atoms with van der Waals surface area (Å²) in [4.78, 5) is 52.5. The first kappa shape index (κ1) is 46.6. The van der Waals surface area contributed by atoms with Gasteiger partial charge in [-0.3, -0.25) is 19.2 Å². The van der Waals surface area contributed by atoms with Crippen molar-refractivity contribution in [1.82, 2.24) is 4.98 Å². The molecule has 3 aromatic rings. The van der Waals surface area contributed by atoms with Crippen LogP contribution >= 0.6 is 0 Å². The van der Waals surface area contributed by atoms with Gasteiger partial charge in [0, 0.05) is 217 Å². The van der Waals surface area contributed by atoms with Crippen LogP contribution in [-0.2, 0) is 25.8 Å². The van der Waals surface area contributed by atoms with Gasteiger partial charge in [0.1, 0.15) is 44.3 Å². The maximum absolute atomic E-state index is 11.4. The van der Waals surface area contributed by atoms with Crippen LogP contribution in [0.15, 0.2) is 42.5 Å². The van der Waals surface area contributed by atoms with Gasteiger partial charge in [-0.25, -0.2) is 4.98 Å². The molecule has 0 aliphatic heterocycles. The number of hydrogen-bond donors (Lipinski definition) is 4. The summed E-state index contributed by atoms with van der Waals surface area (Å²) in [7, 11) is 1.43. The number of benzene rings is 2. The largest absolute Gasteiger partial charge is 0.497 e. The van der Waals surface area contributed by atoms with Crippen molar-refractivity contribution in [3.63, 3.8) is 0 Å². The molecule has 17 heteroatoms. The maximum Gasteiger partial charge on any atom is 0.323 e. The van der Waals surface area contributed by atoms with E-state index < -0.39 is 50.1 Å². The molecular weight excluding hydrogens is 671 g/mol. The summed E-state index contributed by atoms with van der Waals surface area (Å²) in [6.45, 7) is -0.617. The summed E-state index contributed by atoms with van der Waals surface area (Å²) in [5.41, 5.74) is 2.02. The van der Waals surface area contributed by atoms with Gasteiger partial charge in [0.25, 0.3) is 0 Å². The Morgan fingerprint density at radius 3 is 1.72 bits per heavy atom. The fraction of sp³-hybridized carbons (Fsp3) is 0.269. The Morgan fingerprint density at radius 1 is 0.721 bits per heavy atom. The molecule has 1 aromatic heterocycles. The molecule has 0 fully saturated rings. The zero-order valence-corrected chi connectivity index (χ0v) is 37.6. The molecule has 0 spiro atoms. The fourth-order valence-corrected chi connectivity index (χ4v) is 3.92. The van der Waals surface area contributed by atoms with Crippen LogP contribution in [0.2, 0.25) is 0 Å². The molecule has 0 aliphatic carbocycles. The van der Waals surface area contributed by atoms with Crippen LogP contribution in [0.4, 0.5) is 11.4 Å². The first-order valence-electron chi connectivity index (χ1n) is 11.5. The second-order valence-electron chi connectivity index (χ2n) is 8.57. The molecule has 0 aliphatic rings. The van der Waals surface area contributed by atoms with Crippen molar-refractivity contribution in [3.05, 3.63) is 53.7 Å². The summed E-state index contributed by atoms with van der Waals surface area (Å²) in [6.07, 6.45) is 0. The van der Waals surface area contributed by atoms with Crippen LogP contribution in [0.5, 0.6) is 11.5 Å². The Hall–Kier alpha value is 1.48. The Morgan fingerprint density at radius 2 is 1.23 bits per heavy atom. The minimum absolute atomic E-state index is 0. The smallest absolute Gasteiger partial charge is 0.323 e. The van der Waals surface area contributed by atoms with E-state index in [9.17, 15) is 39.6 Å². The molecule has 4 radical (unpaired) electrons. The van der Waals surface area contributed by atoms with E-state index in [0.717, 1.165) is 15.4 Å². The third kappa shape index (κ3) is 15.1. The number of ether oxygens (including phenoxy) is 2. The average molecular weight is 698 g/mol. The maximum atomic E-state index is 11.4. The number of aryl methyl sites for hydroxylation is 1. The molecule has 0 atom stereocenters. The third-order valence-electron chi connectivity index (χ3n) is 5.52. The van der Waals surface area contributed by atoms with Crippen molar-refractivity contribution in [2.75, 3.05) is 43.1 Å². The number of carbonyl (C=O) groups is 4. The van der Waals surface area contributed by atoms with Crippen molar-refractivity contribution in [3.8, 4) is 11.5 Å². The number of nitrogens with zero attached hydrogens (tertiary/aromatic N) is 3. The van der Waals surface area contributed by atoms with Gasteiger partial charge in [0.15, 0.2) is 0 Å². The molecule has 0 saturated carbocycles. The molecular formula is C26H27K4N3O10. The molecule has 4 N–H and O–H groups in total. The molecule has 13 nitrogen and oxygen atoms in total.